The van der Waals surface area contributed by atoms with Crippen LogP contribution in [0.3, 0.4) is 0 Å². The van der Waals surface area contributed by atoms with Gasteiger partial charge in [-0.25, -0.2) is 8.42 Å². The highest BCUT2D eigenvalue weighted by molar-refractivity contribution is 9.10. The number of aliphatic imine (C=N–C) groups is 1. The van der Waals surface area contributed by atoms with Crippen molar-refractivity contribution in [3.63, 3.8) is 0 Å². The highest BCUT2D eigenvalue weighted by Gasteiger charge is 2.14. The van der Waals surface area contributed by atoms with Gasteiger partial charge in [-0.3, -0.25) is 9.71 Å². The Labute approximate surface area is 126 Å². The first kappa shape index (κ1) is 15.1. The Morgan fingerprint density at radius 2 is 2.25 bits per heavy atom. The van der Waals surface area contributed by atoms with E-state index < -0.39 is 10.0 Å². The summed E-state index contributed by atoms with van der Waals surface area (Å²) >= 11 is 3.33. The molecule has 0 amide bonds. The third kappa shape index (κ3) is 3.86. The lowest BCUT2D eigenvalue weighted by atomic mass is 10.2. The fraction of sp³-hybridized carbons (Fsp3) is 0.417. The minimum absolute atomic E-state index is 0.348. The van der Waals surface area contributed by atoms with Gasteiger partial charge in [-0.1, -0.05) is 0 Å². The van der Waals surface area contributed by atoms with Crippen molar-refractivity contribution in [3.8, 4) is 5.75 Å². The van der Waals surface area contributed by atoms with E-state index >= 15 is 0 Å². The number of amidine groups is 1. The standard InChI is InChI=1S/C12H16BrN3O3S/c1-8-10(19-7-11-14-5-6-15-11)4-3-9(13)12(8)16-20(2,17)18/h3-4,16H,5-7H2,1-2H3,(H,14,15). The molecule has 0 aromatic heterocycles. The van der Waals surface area contributed by atoms with Gasteiger partial charge in [-0.05, 0) is 35.0 Å². The molecule has 1 aromatic rings. The topological polar surface area (TPSA) is 79.8 Å². The Balaban J connectivity index is 2.19. The first-order valence-corrected chi connectivity index (χ1v) is 8.72. The highest BCUT2D eigenvalue weighted by Crippen LogP contribution is 2.33. The molecule has 0 saturated carbocycles. The van der Waals surface area contributed by atoms with E-state index in [-0.39, 0.29) is 0 Å². The van der Waals surface area contributed by atoms with Gasteiger partial charge in [0.2, 0.25) is 10.0 Å². The van der Waals surface area contributed by atoms with Crippen molar-refractivity contribution in [2.75, 3.05) is 30.7 Å². The van der Waals surface area contributed by atoms with Crippen LogP contribution in [0.2, 0.25) is 0 Å². The monoisotopic (exact) mass is 361 g/mol. The van der Waals surface area contributed by atoms with E-state index in [0.717, 1.165) is 30.7 Å². The molecule has 0 bridgehead atoms. The number of ether oxygens (including phenoxy) is 1. The van der Waals surface area contributed by atoms with Gasteiger partial charge in [0.15, 0.2) is 0 Å². The Hall–Kier alpha value is -1.28. The second-order valence-corrected chi connectivity index (χ2v) is 7.07. The molecule has 8 heteroatoms. The third-order valence-electron chi connectivity index (χ3n) is 2.76. The van der Waals surface area contributed by atoms with Gasteiger partial charge >= 0.3 is 0 Å². The summed E-state index contributed by atoms with van der Waals surface area (Å²) in [5, 5.41) is 3.11. The molecule has 2 rings (SSSR count). The van der Waals surface area contributed by atoms with Gasteiger partial charge in [-0.15, -0.1) is 0 Å². The van der Waals surface area contributed by atoms with Gasteiger partial charge in [0.05, 0.1) is 18.5 Å². The van der Waals surface area contributed by atoms with Gasteiger partial charge in [-0.2, -0.15) is 0 Å². The first-order chi connectivity index (χ1) is 9.37. The van der Waals surface area contributed by atoms with Gasteiger partial charge in [0.25, 0.3) is 0 Å². The van der Waals surface area contributed by atoms with E-state index in [9.17, 15) is 8.42 Å². The lowest BCUT2D eigenvalue weighted by Crippen LogP contribution is -2.25. The van der Waals surface area contributed by atoms with Crippen LogP contribution in [0.25, 0.3) is 0 Å². The summed E-state index contributed by atoms with van der Waals surface area (Å²) in [6, 6.07) is 3.54. The van der Waals surface area contributed by atoms with Crippen LogP contribution in [-0.2, 0) is 10.0 Å². The van der Waals surface area contributed by atoms with E-state index in [0.29, 0.717) is 22.5 Å². The number of halogens is 1. The molecule has 110 valence electrons. The molecule has 1 aromatic carbocycles. The van der Waals surface area contributed by atoms with Crippen molar-refractivity contribution in [3.05, 3.63) is 22.2 Å². The lowest BCUT2D eigenvalue weighted by molar-refractivity contribution is 0.371. The van der Waals surface area contributed by atoms with Crippen LogP contribution < -0.4 is 14.8 Å². The van der Waals surface area contributed by atoms with Crippen LogP contribution in [0.15, 0.2) is 21.6 Å². The Kier molecular flexibility index (Phi) is 4.54. The summed E-state index contributed by atoms with van der Waals surface area (Å²) in [6.07, 6.45) is 1.11. The average molecular weight is 362 g/mol. The first-order valence-electron chi connectivity index (χ1n) is 6.04. The van der Waals surface area contributed by atoms with E-state index in [1.807, 2.05) is 0 Å². The molecule has 0 radical (unpaired) electrons. The lowest BCUT2D eigenvalue weighted by Gasteiger charge is -2.15. The minimum Gasteiger partial charge on any atom is -0.485 e. The van der Waals surface area contributed by atoms with Crippen molar-refractivity contribution in [1.82, 2.24) is 5.32 Å². The van der Waals surface area contributed by atoms with Crippen molar-refractivity contribution < 1.29 is 13.2 Å². The van der Waals surface area contributed by atoms with Crippen LogP contribution in [0.4, 0.5) is 5.69 Å². The molecular weight excluding hydrogens is 346 g/mol. The molecule has 0 atom stereocenters. The van der Waals surface area contributed by atoms with Crippen LogP contribution in [0.1, 0.15) is 5.56 Å². The maximum Gasteiger partial charge on any atom is 0.229 e. The van der Waals surface area contributed by atoms with Gasteiger partial charge in [0.1, 0.15) is 18.2 Å². The van der Waals surface area contributed by atoms with Crippen LogP contribution in [0, 0.1) is 6.92 Å². The van der Waals surface area contributed by atoms with E-state index in [1.54, 1.807) is 19.1 Å². The Morgan fingerprint density at radius 3 is 2.85 bits per heavy atom. The number of nitrogens with one attached hydrogen (secondary N) is 2. The Bertz CT molecular complexity index is 644. The predicted molar refractivity (Wildman–Crippen MR) is 83.1 cm³/mol. The normalized spacial score (nSPS) is 14.7. The maximum atomic E-state index is 11.4. The highest BCUT2D eigenvalue weighted by atomic mass is 79.9. The quantitative estimate of drug-likeness (QED) is 0.832. The predicted octanol–water partition coefficient (Wildman–Crippen LogP) is 1.51. The van der Waals surface area contributed by atoms with Crippen LogP contribution in [-0.4, -0.2) is 40.2 Å². The molecule has 0 unspecified atom stereocenters. The minimum atomic E-state index is -3.34. The zero-order chi connectivity index (χ0) is 14.8. The molecule has 1 aliphatic heterocycles. The van der Waals surface area contributed by atoms with E-state index in [4.69, 9.17) is 4.74 Å². The second-order valence-electron chi connectivity index (χ2n) is 4.46. The number of sulfonamides is 1. The largest absolute Gasteiger partial charge is 0.485 e. The number of benzene rings is 1. The molecule has 1 aliphatic rings. The Morgan fingerprint density at radius 1 is 1.50 bits per heavy atom. The average Bonchev–Trinajstić information content (AvgIpc) is 2.85. The number of hydrogen-bond acceptors (Lipinski definition) is 5. The van der Waals surface area contributed by atoms with Crippen molar-refractivity contribution in [2.45, 2.75) is 6.92 Å². The zero-order valence-electron chi connectivity index (χ0n) is 11.2. The molecule has 0 fully saturated rings. The molecule has 6 nitrogen and oxygen atoms in total. The smallest absolute Gasteiger partial charge is 0.229 e. The van der Waals surface area contributed by atoms with Crippen LogP contribution in [0.5, 0.6) is 5.75 Å². The SMILES string of the molecule is Cc1c(OCC2=NCCN2)ccc(Br)c1NS(C)(=O)=O. The molecule has 2 N–H and O–H groups in total. The fourth-order valence-corrected chi connectivity index (χ4v) is 3.11. The molecule has 1 heterocycles. The number of rotatable bonds is 5. The molecular formula is C12H16BrN3O3S. The fourth-order valence-electron chi connectivity index (χ4n) is 1.82. The summed E-state index contributed by atoms with van der Waals surface area (Å²) in [5.74, 6) is 1.43. The van der Waals surface area contributed by atoms with Crippen molar-refractivity contribution in [1.29, 1.82) is 0 Å². The number of anilines is 1. The van der Waals surface area contributed by atoms with Crippen molar-refractivity contribution >= 4 is 37.5 Å². The maximum absolute atomic E-state index is 11.4. The summed E-state index contributed by atoms with van der Waals surface area (Å²) in [5.41, 5.74) is 1.22. The molecule has 0 spiro atoms. The molecule has 20 heavy (non-hydrogen) atoms. The number of hydrogen-bond donors (Lipinski definition) is 2. The summed E-state index contributed by atoms with van der Waals surface area (Å²) in [7, 11) is -3.34. The van der Waals surface area contributed by atoms with Crippen molar-refractivity contribution in [2.24, 2.45) is 4.99 Å². The summed E-state index contributed by atoms with van der Waals surface area (Å²) in [4.78, 5) is 4.24. The van der Waals surface area contributed by atoms with E-state index in [1.165, 1.54) is 0 Å². The van der Waals surface area contributed by atoms with Gasteiger partial charge in [0, 0.05) is 16.6 Å². The van der Waals surface area contributed by atoms with Crippen LogP contribution >= 0.6 is 15.9 Å². The molecule has 0 aliphatic carbocycles. The zero-order valence-corrected chi connectivity index (χ0v) is 13.6. The summed E-state index contributed by atoms with van der Waals surface area (Å²) < 4.78 is 31.6. The van der Waals surface area contributed by atoms with Gasteiger partial charge < -0.3 is 10.1 Å². The second kappa shape index (κ2) is 6.01. The van der Waals surface area contributed by atoms with E-state index in [2.05, 4.69) is 31.0 Å². The summed E-state index contributed by atoms with van der Waals surface area (Å²) in [6.45, 7) is 3.75. The number of nitrogens with zero attached hydrogens (tertiary/aromatic N) is 1. The molecule has 0 saturated heterocycles. The third-order valence-corrected chi connectivity index (χ3v) is 4.00.